The maximum atomic E-state index is 5.88. The molecule has 1 fully saturated rings. The van der Waals surface area contributed by atoms with E-state index in [0.717, 1.165) is 24.8 Å². The number of rotatable bonds is 6. The van der Waals surface area contributed by atoms with E-state index in [2.05, 4.69) is 47.2 Å². The van der Waals surface area contributed by atoms with Gasteiger partial charge in [-0.1, -0.05) is 18.2 Å². The molecule has 25 heavy (non-hydrogen) atoms. The first-order valence-electron chi connectivity index (χ1n) is 8.89. The second-order valence-corrected chi connectivity index (χ2v) is 6.73. The average Bonchev–Trinajstić information content (AvgIpc) is 2.57. The van der Waals surface area contributed by atoms with Crippen molar-refractivity contribution in [2.24, 2.45) is 10.9 Å². The van der Waals surface area contributed by atoms with Gasteiger partial charge in [0.15, 0.2) is 5.96 Å². The summed E-state index contributed by atoms with van der Waals surface area (Å²) in [5.41, 5.74) is 1.17. The van der Waals surface area contributed by atoms with Crippen LogP contribution in [0.1, 0.15) is 18.4 Å². The van der Waals surface area contributed by atoms with Gasteiger partial charge in [0.2, 0.25) is 0 Å². The molecule has 1 aliphatic heterocycles. The van der Waals surface area contributed by atoms with Gasteiger partial charge in [-0.25, -0.2) is 0 Å². The average molecular weight is 460 g/mol. The zero-order valence-electron chi connectivity index (χ0n) is 16.0. The Bertz CT molecular complexity index is 538. The molecule has 0 saturated carbocycles. The Kier molecular flexibility index (Phi) is 10.2. The fraction of sp³-hybridized carbons (Fsp3) is 0.632. The van der Waals surface area contributed by atoms with Gasteiger partial charge in [0.05, 0.1) is 6.54 Å². The van der Waals surface area contributed by atoms with Crippen LogP contribution in [0.2, 0.25) is 0 Å². The summed E-state index contributed by atoms with van der Waals surface area (Å²) >= 11 is 0. The molecule has 142 valence electrons. The van der Waals surface area contributed by atoms with Crippen LogP contribution in [0.25, 0.3) is 0 Å². The lowest BCUT2D eigenvalue weighted by atomic mass is 9.99. The van der Waals surface area contributed by atoms with Crippen LogP contribution in [-0.4, -0.2) is 69.7 Å². The number of halogens is 1. The monoisotopic (exact) mass is 460 g/mol. The summed E-state index contributed by atoms with van der Waals surface area (Å²) in [5.74, 6) is 2.60. The molecule has 1 saturated heterocycles. The molecule has 0 amide bonds. The van der Waals surface area contributed by atoms with Crippen molar-refractivity contribution in [1.29, 1.82) is 0 Å². The maximum Gasteiger partial charge on any atom is 0.193 e. The first kappa shape index (κ1) is 22.0. The van der Waals surface area contributed by atoms with E-state index in [4.69, 9.17) is 4.74 Å². The Hall–Kier alpha value is -1.02. The van der Waals surface area contributed by atoms with Crippen molar-refractivity contribution >= 4 is 29.9 Å². The number of likely N-dealkylation sites (tertiary alicyclic amines) is 1. The Morgan fingerprint density at radius 3 is 2.84 bits per heavy atom. The van der Waals surface area contributed by atoms with Crippen molar-refractivity contribution in [3.63, 3.8) is 0 Å². The third-order valence-corrected chi connectivity index (χ3v) is 4.62. The fourth-order valence-corrected chi connectivity index (χ4v) is 3.18. The van der Waals surface area contributed by atoms with E-state index < -0.39 is 0 Å². The number of nitrogens with zero attached hydrogens (tertiary/aromatic N) is 3. The van der Waals surface area contributed by atoms with Crippen molar-refractivity contribution in [2.75, 3.05) is 53.9 Å². The van der Waals surface area contributed by atoms with E-state index in [1.54, 1.807) is 0 Å². The number of aliphatic imine (C=N–C) groups is 1. The van der Waals surface area contributed by atoms with Gasteiger partial charge < -0.3 is 19.9 Å². The Morgan fingerprint density at radius 2 is 2.16 bits per heavy atom. The summed E-state index contributed by atoms with van der Waals surface area (Å²) in [4.78, 5) is 8.94. The molecule has 1 aromatic rings. The fourth-order valence-electron chi connectivity index (χ4n) is 3.18. The summed E-state index contributed by atoms with van der Waals surface area (Å²) < 4.78 is 5.88. The Balaban J connectivity index is 0.00000312. The van der Waals surface area contributed by atoms with Gasteiger partial charge in [-0.3, -0.25) is 4.99 Å². The lowest BCUT2D eigenvalue weighted by Crippen LogP contribution is -2.45. The Labute approximate surface area is 169 Å². The molecule has 0 spiro atoms. The number of guanidine groups is 1. The number of hydrogen-bond acceptors (Lipinski definition) is 3. The molecule has 1 heterocycles. The van der Waals surface area contributed by atoms with Crippen LogP contribution in [0.15, 0.2) is 29.3 Å². The summed E-state index contributed by atoms with van der Waals surface area (Å²) in [6, 6.07) is 8.12. The molecule has 6 heteroatoms. The first-order valence-corrected chi connectivity index (χ1v) is 8.89. The highest BCUT2D eigenvalue weighted by atomic mass is 127. The highest BCUT2D eigenvalue weighted by Crippen LogP contribution is 2.16. The first-order chi connectivity index (χ1) is 11.6. The van der Waals surface area contributed by atoms with Crippen LogP contribution in [0.4, 0.5) is 0 Å². The van der Waals surface area contributed by atoms with Crippen molar-refractivity contribution in [2.45, 2.75) is 19.8 Å². The van der Waals surface area contributed by atoms with Crippen LogP contribution in [0.3, 0.4) is 0 Å². The van der Waals surface area contributed by atoms with Gasteiger partial charge in [-0.15, -0.1) is 24.0 Å². The Morgan fingerprint density at radius 1 is 1.40 bits per heavy atom. The highest BCUT2D eigenvalue weighted by molar-refractivity contribution is 14.0. The van der Waals surface area contributed by atoms with Gasteiger partial charge in [0, 0.05) is 27.2 Å². The minimum absolute atomic E-state index is 0. The molecule has 1 unspecified atom stereocenters. The number of piperidine rings is 1. The molecule has 2 rings (SSSR count). The highest BCUT2D eigenvalue weighted by Gasteiger charge is 2.17. The molecule has 0 bridgehead atoms. The number of ether oxygens (including phenoxy) is 1. The van der Waals surface area contributed by atoms with E-state index in [1.165, 1.54) is 31.5 Å². The smallest absolute Gasteiger partial charge is 0.193 e. The number of benzene rings is 1. The molecule has 5 nitrogen and oxygen atoms in total. The lowest BCUT2D eigenvalue weighted by molar-refractivity contribution is 0.209. The summed E-state index contributed by atoms with van der Waals surface area (Å²) in [7, 11) is 6.10. The van der Waals surface area contributed by atoms with E-state index in [-0.39, 0.29) is 24.0 Å². The predicted molar refractivity (Wildman–Crippen MR) is 116 cm³/mol. The van der Waals surface area contributed by atoms with Gasteiger partial charge >= 0.3 is 0 Å². The second-order valence-electron chi connectivity index (χ2n) is 6.73. The zero-order chi connectivity index (χ0) is 17.4. The molecular weight excluding hydrogens is 427 g/mol. The van der Waals surface area contributed by atoms with Gasteiger partial charge in [0.1, 0.15) is 12.4 Å². The maximum absolute atomic E-state index is 5.88. The lowest BCUT2D eigenvalue weighted by Gasteiger charge is -2.31. The van der Waals surface area contributed by atoms with Crippen LogP contribution in [0, 0.1) is 12.8 Å². The second kappa shape index (κ2) is 11.6. The third-order valence-electron chi connectivity index (χ3n) is 4.62. The number of hydrogen-bond donors (Lipinski definition) is 1. The minimum atomic E-state index is 0. The summed E-state index contributed by atoms with van der Waals surface area (Å²) in [6.45, 7) is 6.90. The molecule has 0 aliphatic carbocycles. The largest absolute Gasteiger partial charge is 0.491 e. The van der Waals surface area contributed by atoms with Gasteiger partial charge in [-0.05, 0) is 50.9 Å². The SMILES string of the molecule is CN=C(NCC1CCCN(C)C1)N(C)CCOc1ccccc1C.I. The molecule has 0 radical (unpaired) electrons. The van der Waals surface area contributed by atoms with Crippen LogP contribution < -0.4 is 10.1 Å². The molecule has 1 N–H and O–H groups in total. The molecule has 1 aromatic carbocycles. The third kappa shape index (κ3) is 7.40. The number of likely N-dealkylation sites (N-methyl/N-ethyl adjacent to an activating group) is 1. The summed E-state index contributed by atoms with van der Waals surface area (Å²) in [5, 5.41) is 3.51. The van der Waals surface area contributed by atoms with Crippen molar-refractivity contribution < 1.29 is 4.74 Å². The van der Waals surface area contributed by atoms with E-state index in [1.807, 2.05) is 25.2 Å². The summed E-state index contributed by atoms with van der Waals surface area (Å²) in [6.07, 6.45) is 2.59. The van der Waals surface area contributed by atoms with E-state index >= 15 is 0 Å². The number of aryl methyl sites for hydroxylation is 1. The number of nitrogens with one attached hydrogen (secondary N) is 1. The van der Waals surface area contributed by atoms with Gasteiger partial charge in [0.25, 0.3) is 0 Å². The topological polar surface area (TPSA) is 40.1 Å². The van der Waals surface area contributed by atoms with Crippen molar-refractivity contribution in [1.82, 2.24) is 15.1 Å². The van der Waals surface area contributed by atoms with Crippen molar-refractivity contribution in [3.05, 3.63) is 29.8 Å². The standard InChI is InChI=1S/C19H32N4O.HI/c1-16-8-5-6-10-18(16)24-13-12-23(4)19(20-2)21-14-17-9-7-11-22(3)15-17;/h5-6,8,10,17H,7,9,11-15H2,1-4H3,(H,20,21);1H. The number of para-hydroxylation sites is 1. The molecule has 0 aromatic heterocycles. The molecule has 1 aliphatic rings. The quantitative estimate of drug-likeness (QED) is 0.403. The zero-order valence-corrected chi connectivity index (χ0v) is 18.3. The molecular formula is C19H33IN4O. The van der Waals surface area contributed by atoms with Crippen molar-refractivity contribution in [3.8, 4) is 5.75 Å². The van der Waals surface area contributed by atoms with Crippen LogP contribution in [0.5, 0.6) is 5.75 Å². The van der Waals surface area contributed by atoms with Crippen LogP contribution in [-0.2, 0) is 0 Å². The van der Waals surface area contributed by atoms with E-state index in [9.17, 15) is 0 Å². The van der Waals surface area contributed by atoms with Crippen LogP contribution >= 0.6 is 24.0 Å². The predicted octanol–water partition coefficient (Wildman–Crippen LogP) is 2.84. The van der Waals surface area contributed by atoms with Gasteiger partial charge in [-0.2, -0.15) is 0 Å². The normalized spacial score (nSPS) is 18.4. The molecule has 1 atom stereocenters. The minimum Gasteiger partial charge on any atom is -0.491 e. The van der Waals surface area contributed by atoms with E-state index in [0.29, 0.717) is 12.5 Å².